The molecule has 0 radical (unpaired) electrons. The van der Waals surface area contributed by atoms with Gasteiger partial charge in [-0.1, -0.05) is 52.1 Å². The Bertz CT molecular complexity index is 634. The van der Waals surface area contributed by atoms with Crippen LogP contribution in [0.3, 0.4) is 0 Å². The van der Waals surface area contributed by atoms with Crippen LogP contribution in [0.2, 0.25) is 10.0 Å². The van der Waals surface area contributed by atoms with Crippen molar-refractivity contribution in [2.45, 2.75) is 13.0 Å². The maximum Gasteiger partial charge on any atom is 0.120 e. The van der Waals surface area contributed by atoms with Gasteiger partial charge >= 0.3 is 0 Å². The van der Waals surface area contributed by atoms with Crippen LogP contribution in [0.5, 0.6) is 5.75 Å². The number of methoxy groups -OCH3 is 1. The summed E-state index contributed by atoms with van der Waals surface area (Å²) in [6.45, 7) is 2.87. The SMILES string of the molecule is CCNC(c1cc(Cl)ccc1Cl)c1ccc(OC)cc1Br. The molecule has 112 valence electrons. The van der Waals surface area contributed by atoms with E-state index < -0.39 is 0 Å². The molecule has 1 unspecified atom stereocenters. The van der Waals surface area contributed by atoms with Crippen molar-refractivity contribution >= 4 is 39.1 Å². The van der Waals surface area contributed by atoms with Crippen molar-refractivity contribution in [3.63, 3.8) is 0 Å². The molecule has 1 atom stereocenters. The molecule has 0 aliphatic rings. The zero-order valence-electron chi connectivity index (χ0n) is 11.8. The van der Waals surface area contributed by atoms with Crippen molar-refractivity contribution in [2.24, 2.45) is 0 Å². The number of nitrogens with one attached hydrogen (secondary N) is 1. The highest BCUT2D eigenvalue weighted by atomic mass is 79.9. The van der Waals surface area contributed by atoms with Gasteiger partial charge in [0.25, 0.3) is 0 Å². The van der Waals surface area contributed by atoms with Gasteiger partial charge in [-0.2, -0.15) is 0 Å². The maximum atomic E-state index is 6.35. The van der Waals surface area contributed by atoms with Crippen LogP contribution in [0, 0.1) is 0 Å². The summed E-state index contributed by atoms with van der Waals surface area (Å²) in [6.07, 6.45) is 0. The van der Waals surface area contributed by atoms with E-state index in [1.807, 2.05) is 30.3 Å². The average Bonchev–Trinajstić information content (AvgIpc) is 2.48. The monoisotopic (exact) mass is 387 g/mol. The Kier molecular flexibility index (Phi) is 5.94. The van der Waals surface area contributed by atoms with Crippen molar-refractivity contribution in [3.8, 4) is 5.75 Å². The standard InChI is InChI=1S/C16H16BrCl2NO/c1-3-20-16(13-8-10(18)4-7-15(13)19)12-6-5-11(21-2)9-14(12)17/h4-9,16,20H,3H2,1-2H3. The molecule has 0 aromatic heterocycles. The van der Waals surface area contributed by atoms with Crippen molar-refractivity contribution < 1.29 is 4.74 Å². The number of hydrogen-bond donors (Lipinski definition) is 1. The third-order valence-corrected chi connectivity index (χ3v) is 4.46. The number of hydrogen-bond acceptors (Lipinski definition) is 2. The molecule has 1 N–H and O–H groups in total. The molecule has 0 saturated heterocycles. The number of rotatable bonds is 5. The first-order valence-electron chi connectivity index (χ1n) is 6.58. The molecule has 0 aliphatic heterocycles. The van der Waals surface area contributed by atoms with Crippen LogP contribution in [0.4, 0.5) is 0 Å². The predicted molar refractivity (Wildman–Crippen MR) is 92.7 cm³/mol. The van der Waals surface area contributed by atoms with Gasteiger partial charge in [0.2, 0.25) is 0 Å². The van der Waals surface area contributed by atoms with Crippen molar-refractivity contribution in [2.75, 3.05) is 13.7 Å². The quantitative estimate of drug-likeness (QED) is 0.733. The van der Waals surface area contributed by atoms with Crippen LogP contribution in [0.25, 0.3) is 0 Å². The van der Waals surface area contributed by atoms with Gasteiger partial charge < -0.3 is 10.1 Å². The van der Waals surface area contributed by atoms with Gasteiger partial charge in [-0.05, 0) is 48.0 Å². The van der Waals surface area contributed by atoms with Crippen LogP contribution in [-0.4, -0.2) is 13.7 Å². The lowest BCUT2D eigenvalue weighted by molar-refractivity contribution is 0.414. The molecular weight excluding hydrogens is 373 g/mol. The molecule has 0 amide bonds. The second-order valence-electron chi connectivity index (χ2n) is 4.54. The van der Waals surface area contributed by atoms with Gasteiger partial charge in [-0.3, -0.25) is 0 Å². The lowest BCUT2D eigenvalue weighted by atomic mass is 9.98. The zero-order valence-corrected chi connectivity index (χ0v) is 14.9. The molecule has 0 aliphatic carbocycles. The van der Waals surface area contributed by atoms with E-state index in [1.54, 1.807) is 13.2 Å². The first kappa shape index (κ1) is 16.6. The van der Waals surface area contributed by atoms with E-state index in [-0.39, 0.29) is 6.04 Å². The van der Waals surface area contributed by atoms with Gasteiger partial charge in [0.15, 0.2) is 0 Å². The summed E-state index contributed by atoms with van der Waals surface area (Å²) in [4.78, 5) is 0. The first-order chi connectivity index (χ1) is 10.1. The van der Waals surface area contributed by atoms with Gasteiger partial charge in [-0.15, -0.1) is 0 Å². The van der Waals surface area contributed by atoms with E-state index in [2.05, 4.69) is 28.2 Å². The van der Waals surface area contributed by atoms with Gasteiger partial charge in [0, 0.05) is 14.5 Å². The summed E-state index contributed by atoms with van der Waals surface area (Å²) >= 11 is 16.1. The minimum atomic E-state index is -0.0403. The molecule has 0 fully saturated rings. The Labute approximate surface area is 143 Å². The molecule has 0 bridgehead atoms. The summed E-state index contributed by atoms with van der Waals surface area (Å²) in [5.41, 5.74) is 2.04. The summed E-state index contributed by atoms with van der Waals surface area (Å²) in [5.74, 6) is 0.804. The van der Waals surface area contributed by atoms with E-state index in [0.717, 1.165) is 27.9 Å². The minimum Gasteiger partial charge on any atom is -0.497 e. The van der Waals surface area contributed by atoms with E-state index >= 15 is 0 Å². The largest absolute Gasteiger partial charge is 0.497 e. The van der Waals surface area contributed by atoms with E-state index in [0.29, 0.717) is 10.0 Å². The molecule has 2 rings (SSSR count). The van der Waals surface area contributed by atoms with Crippen molar-refractivity contribution in [1.29, 1.82) is 0 Å². The molecule has 2 aromatic carbocycles. The highest BCUT2D eigenvalue weighted by Crippen LogP contribution is 2.35. The molecule has 0 spiro atoms. The highest BCUT2D eigenvalue weighted by molar-refractivity contribution is 9.10. The van der Waals surface area contributed by atoms with E-state index in [9.17, 15) is 0 Å². The van der Waals surface area contributed by atoms with E-state index in [4.69, 9.17) is 27.9 Å². The number of ether oxygens (including phenoxy) is 1. The predicted octanol–water partition coefficient (Wildman–Crippen LogP) is 5.46. The summed E-state index contributed by atoms with van der Waals surface area (Å²) in [7, 11) is 1.65. The molecule has 0 saturated carbocycles. The van der Waals surface area contributed by atoms with Crippen LogP contribution < -0.4 is 10.1 Å². The Hall–Kier alpha value is -0.740. The fourth-order valence-corrected chi connectivity index (χ4v) is 3.19. The lowest BCUT2D eigenvalue weighted by Crippen LogP contribution is -2.22. The summed E-state index contributed by atoms with van der Waals surface area (Å²) < 4.78 is 6.20. The highest BCUT2D eigenvalue weighted by Gasteiger charge is 2.19. The zero-order chi connectivity index (χ0) is 15.4. The second kappa shape index (κ2) is 7.50. The molecule has 2 aromatic rings. The fourth-order valence-electron chi connectivity index (χ4n) is 2.20. The summed E-state index contributed by atoms with van der Waals surface area (Å²) in [6, 6.07) is 11.4. The molecule has 5 heteroatoms. The Morgan fingerprint density at radius 2 is 1.90 bits per heavy atom. The molecule has 2 nitrogen and oxygen atoms in total. The van der Waals surface area contributed by atoms with Gasteiger partial charge in [0.05, 0.1) is 13.2 Å². The number of benzene rings is 2. The third kappa shape index (κ3) is 3.92. The average molecular weight is 389 g/mol. The second-order valence-corrected chi connectivity index (χ2v) is 6.24. The van der Waals surface area contributed by atoms with Crippen LogP contribution >= 0.6 is 39.1 Å². The minimum absolute atomic E-state index is 0.0403. The lowest BCUT2D eigenvalue weighted by Gasteiger charge is -2.22. The topological polar surface area (TPSA) is 21.3 Å². The molecule has 0 heterocycles. The number of halogens is 3. The van der Waals surface area contributed by atoms with E-state index in [1.165, 1.54) is 0 Å². The Morgan fingerprint density at radius 3 is 2.52 bits per heavy atom. The fraction of sp³-hybridized carbons (Fsp3) is 0.250. The van der Waals surface area contributed by atoms with Crippen molar-refractivity contribution in [1.82, 2.24) is 5.32 Å². The van der Waals surface area contributed by atoms with Crippen LogP contribution in [-0.2, 0) is 0 Å². The normalized spacial score (nSPS) is 12.2. The summed E-state index contributed by atoms with van der Waals surface area (Å²) in [5, 5.41) is 4.80. The van der Waals surface area contributed by atoms with Gasteiger partial charge in [-0.25, -0.2) is 0 Å². The maximum absolute atomic E-state index is 6.35. The third-order valence-electron chi connectivity index (χ3n) is 3.20. The van der Waals surface area contributed by atoms with Crippen LogP contribution in [0.15, 0.2) is 40.9 Å². The van der Waals surface area contributed by atoms with Crippen molar-refractivity contribution in [3.05, 3.63) is 62.0 Å². The molecular formula is C16H16BrCl2NO. The first-order valence-corrected chi connectivity index (χ1v) is 8.13. The van der Waals surface area contributed by atoms with Crippen LogP contribution in [0.1, 0.15) is 24.1 Å². The molecule has 21 heavy (non-hydrogen) atoms. The van der Waals surface area contributed by atoms with Gasteiger partial charge in [0.1, 0.15) is 5.75 Å². The Morgan fingerprint density at radius 1 is 1.14 bits per heavy atom. The Balaban J connectivity index is 2.50. The smallest absolute Gasteiger partial charge is 0.120 e.